The highest BCUT2D eigenvalue weighted by atomic mass is 32.2. The smallest absolute Gasteiger partial charge is 0.299 e. The van der Waals surface area contributed by atoms with Crippen molar-refractivity contribution in [1.29, 1.82) is 0 Å². The molecule has 0 heterocycles. The third-order valence-corrected chi connectivity index (χ3v) is 3.99. The van der Waals surface area contributed by atoms with E-state index in [2.05, 4.69) is 21.7 Å². The van der Waals surface area contributed by atoms with Crippen molar-refractivity contribution in [3.63, 3.8) is 0 Å². The maximum absolute atomic E-state index is 11.9. The molecular weight excluding hydrogens is 274 g/mol. The summed E-state index contributed by atoms with van der Waals surface area (Å²) in [5.74, 6) is 0. The fraction of sp³-hybridized carbons (Fsp3) is 0.571. The van der Waals surface area contributed by atoms with Gasteiger partial charge in [-0.3, -0.25) is 4.72 Å². The van der Waals surface area contributed by atoms with Crippen LogP contribution < -0.4 is 14.8 Å². The van der Waals surface area contributed by atoms with Gasteiger partial charge in [-0.05, 0) is 37.9 Å². The second-order valence-electron chi connectivity index (χ2n) is 4.76. The van der Waals surface area contributed by atoms with Crippen molar-refractivity contribution in [1.82, 2.24) is 10.0 Å². The molecule has 0 radical (unpaired) electrons. The van der Waals surface area contributed by atoms with Crippen LogP contribution in [0.25, 0.3) is 0 Å². The molecule has 0 aliphatic carbocycles. The minimum atomic E-state index is -3.50. The van der Waals surface area contributed by atoms with E-state index in [1.807, 2.05) is 32.0 Å². The Morgan fingerprint density at radius 1 is 1.10 bits per heavy atom. The Hall–Kier alpha value is -1.11. The van der Waals surface area contributed by atoms with Gasteiger partial charge in [-0.2, -0.15) is 13.1 Å². The minimum Gasteiger partial charge on any atom is -0.310 e. The van der Waals surface area contributed by atoms with E-state index in [0.717, 1.165) is 24.9 Å². The van der Waals surface area contributed by atoms with Crippen LogP contribution in [0.5, 0.6) is 0 Å². The summed E-state index contributed by atoms with van der Waals surface area (Å²) in [7, 11) is -3.50. The minimum absolute atomic E-state index is 0.0972. The van der Waals surface area contributed by atoms with Crippen LogP contribution in [0.1, 0.15) is 45.2 Å². The Bertz CT molecular complexity index is 503. The molecule has 0 fully saturated rings. The first-order valence-corrected chi connectivity index (χ1v) is 8.58. The molecule has 0 spiro atoms. The molecule has 0 saturated carbocycles. The Balaban J connectivity index is 2.85. The van der Waals surface area contributed by atoms with Crippen LogP contribution in [0.15, 0.2) is 24.3 Å². The quantitative estimate of drug-likeness (QED) is 0.656. The van der Waals surface area contributed by atoms with Gasteiger partial charge < -0.3 is 5.32 Å². The summed E-state index contributed by atoms with van der Waals surface area (Å²) in [6, 6.07) is 7.56. The third-order valence-electron chi connectivity index (χ3n) is 2.91. The molecule has 1 aromatic rings. The number of para-hydroxylation sites is 1. The Kier molecular flexibility index (Phi) is 6.98. The van der Waals surface area contributed by atoms with E-state index in [0.29, 0.717) is 12.2 Å². The monoisotopic (exact) mass is 299 g/mol. The number of benzene rings is 1. The number of anilines is 1. The molecule has 0 aromatic heterocycles. The average molecular weight is 299 g/mol. The molecule has 0 saturated heterocycles. The highest BCUT2D eigenvalue weighted by molar-refractivity contribution is 7.90. The van der Waals surface area contributed by atoms with Crippen molar-refractivity contribution in [2.24, 2.45) is 0 Å². The van der Waals surface area contributed by atoms with Crippen LogP contribution in [-0.2, 0) is 10.2 Å². The fourth-order valence-corrected chi connectivity index (χ4v) is 2.88. The lowest BCUT2D eigenvalue weighted by atomic mass is 10.1. The topological polar surface area (TPSA) is 70.2 Å². The first-order chi connectivity index (χ1) is 9.50. The maximum atomic E-state index is 11.9. The summed E-state index contributed by atoms with van der Waals surface area (Å²) in [6.07, 6.45) is 1.80. The summed E-state index contributed by atoms with van der Waals surface area (Å²) in [5.41, 5.74) is 1.56. The van der Waals surface area contributed by atoms with Gasteiger partial charge in [0.2, 0.25) is 0 Å². The second-order valence-corrected chi connectivity index (χ2v) is 6.26. The van der Waals surface area contributed by atoms with E-state index in [4.69, 9.17) is 0 Å². The summed E-state index contributed by atoms with van der Waals surface area (Å²) >= 11 is 0. The highest BCUT2D eigenvalue weighted by Crippen LogP contribution is 2.23. The molecule has 1 aromatic carbocycles. The average Bonchev–Trinajstić information content (AvgIpc) is 2.43. The molecule has 0 aliphatic rings. The largest absolute Gasteiger partial charge is 0.310 e. The van der Waals surface area contributed by atoms with E-state index in [-0.39, 0.29) is 6.04 Å². The molecule has 1 atom stereocenters. The van der Waals surface area contributed by atoms with Crippen molar-refractivity contribution >= 4 is 15.9 Å². The lowest BCUT2D eigenvalue weighted by Gasteiger charge is -2.18. The van der Waals surface area contributed by atoms with Crippen LogP contribution in [0.2, 0.25) is 0 Å². The zero-order valence-electron chi connectivity index (χ0n) is 12.4. The molecule has 0 aliphatic heterocycles. The first-order valence-electron chi connectivity index (χ1n) is 7.09. The predicted octanol–water partition coefficient (Wildman–Crippen LogP) is 2.40. The van der Waals surface area contributed by atoms with E-state index in [9.17, 15) is 8.42 Å². The lowest BCUT2D eigenvalue weighted by Crippen LogP contribution is -2.31. The Morgan fingerprint density at radius 2 is 1.75 bits per heavy atom. The van der Waals surface area contributed by atoms with Crippen LogP contribution in [-0.4, -0.2) is 21.5 Å². The standard InChI is InChI=1S/C14H25N3O2S/c1-4-10-15-12(3)13-8-6-7-9-14(13)17-20(18,19)16-11-5-2/h6-9,12,15-17H,4-5,10-11H2,1-3H3. The molecule has 1 unspecified atom stereocenters. The molecule has 6 heteroatoms. The molecule has 1 rings (SSSR count). The molecule has 114 valence electrons. The summed E-state index contributed by atoms with van der Waals surface area (Å²) < 4.78 is 28.9. The van der Waals surface area contributed by atoms with Crippen LogP contribution in [0.4, 0.5) is 5.69 Å². The normalized spacial score (nSPS) is 13.2. The van der Waals surface area contributed by atoms with Crippen molar-refractivity contribution in [2.75, 3.05) is 17.8 Å². The van der Waals surface area contributed by atoms with Crippen molar-refractivity contribution < 1.29 is 8.42 Å². The van der Waals surface area contributed by atoms with Crippen LogP contribution in [0, 0.1) is 0 Å². The zero-order chi connectivity index (χ0) is 15.0. The van der Waals surface area contributed by atoms with Crippen molar-refractivity contribution in [2.45, 2.75) is 39.7 Å². The third kappa shape index (κ3) is 5.48. The van der Waals surface area contributed by atoms with E-state index < -0.39 is 10.2 Å². The summed E-state index contributed by atoms with van der Waals surface area (Å²) in [4.78, 5) is 0. The van der Waals surface area contributed by atoms with Crippen LogP contribution >= 0.6 is 0 Å². The highest BCUT2D eigenvalue weighted by Gasteiger charge is 2.14. The SMILES string of the molecule is CCCNC(C)c1ccccc1NS(=O)(=O)NCCC. The van der Waals surface area contributed by atoms with Gasteiger partial charge in [0.05, 0.1) is 5.69 Å². The second kappa shape index (κ2) is 8.24. The Morgan fingerprint density at radius 3 is 2.40 bits per heavy atom. The molecule has 5 nitrogen and oxygen atoms in total. The molecule has 0 bridgehead atoms. The molecular formula is C14H25N3O2S. The number of rotatable bonds is 9. The predicted molar refractivity (Wildman–Crippen MR) is 84.0 cm³/mol. The summed E-state index contributed by atoms with van der Waals surface area (Å²) in [6.45, 7) is 7.38. The van der Waals surface area contributed by atoms with Gasteiger partial charge in [0.15, 0.2) is 0 Å². The summed E-state index contributed by atoms with van der Waals surface area (Å²) in [5, 5.41) is 3.36. The van der Waals surface area contributed by atoms with Gasteiger partial charge in [0, 0.05) is 12.6 Å². The first kappa shape index (κ1) is 16.9. The van der Waals surface area contributed by atoms with Gasteiger partial charge in [-0.1, -0.05) is 32.0 Å². The van der Waals surface area contributed by atoms with Gasteiger partial charge in [-0.25, -0.2) is 0 Å². The van der Waals surface area contributed by atoms with E-state index in [1.54, 1.807) is 6.07 Å². The Labute approximate surface area is 122 Å². The zero-order valence-corrected chi connectivity index (χ0v) is 13.3. The fourth-order valence-electron chi connectivity index (χ4n) is 1.86. The maximum Gasteiger partial charge on any atom is 0.299 e. The molecule has 0 amide bonds. The molecule has 20 heavy (non-hydrogen) atoms. The van der Waals surface area contributed by atoms with Gasteiger partial charge in [0.25, 0.3) is 10.2 Å². The number of hydrogen-bond donors (Lipinski definition) is 3. The molecule has 3 N–H and O–H groups in total. The number of hydrogen-bond acceptors (Lipinski definition) is 3. The van der Waals surface area contributed by atoms with Gasteiger partial charge in [-0.15, -0.1) is 0 Å². The number of nitrogens with one attached hydrogen (secondary N) is 3. The lowest BCUT2D eigenvalue weighted by molar-refractivity contribution is 0.571. The van der Waals surface area contributed by atoms with Gasteiger partial charge in [0.1, 0.15) is 0 Å². The van der Waals surface area contributed by atoms with Crippen molar-refractivity contribution in [3.8, 4) is 0 Å². The van der Waals surface area contributed by atoms with Gasteiger partial charge >= 0.3 is 0 Å². The van der Waals surface area contributed by atoms with E-state index in [1.165, 1.54) is 0 Å². The van der Waals surface area contributed by atoms with E-state index >= 15 is 0 Å². The van der Waals surface area contributed by atoms with Crippen molar-refractivity contribution in [3.05, 3.63) is 29.8 Å². The van der Waals surface area contributed by atoms with Crippen LogP contribution in [0.3, 0.4) is 0 Å².